The molecular formula is C4H3NO3S. The van der Waals surface area contributed by atoms with Gasteiger partial charge in [-0.05, 0) is 0 Å². The Morgan fingerprint density at radius 2 is 2.00 bits per heavy atom. The first kappa shape index (κ1) is 7.90. The lowest BCUT2D eigenvalue weighted by molar-refractivity contribution is -0.131. The van der Waals surface area contributed by atoms with Gasteiger partial charge in [-0.25, -0.2) is 4.79 Å². The monoisotopic (exact) mass is 145 g/mol. The predicted octanol–water partition coefficient (Wildman–Crippen LogP) is -0.116. The van der Waals surface area contributed by atoms with Crippen molar-refractivity contribution in [2.45, 2.75) is 0 Å². The van der Waals surface area contributed by atoms with Crippen LogP contribution in [0.15, 0.2) is 16.5 Å². The zero-order valence-corrected chi connectivity index (χ0v) is 5.09. The van der Waals surface area contributed by atoms with Crippen molar-refractivity contribution < 1.29 is 14.7 Å². The Balaban J connectivity index is 3.85. The molecule has 0 rings (SSSR count). The zero-order valence-electron chi connectivity index (χ0n) is 4.27. The van der Waals surface area contributed by atoms with Crippen molar-refractivity contribution in [2.75, 3.05) is 0 Å². The van der Waals surface area contributed by atoms with Crippen molar-refractivity contribution in [3.05, 3.63) is 12.2 Å². The van der Waals surface area contributed by atoms with E-state index >= 15 is 0 Å². The number of carboxylic acid groups (broad SMARTS) is 1. The average molecular weight is 145 g/mol. The van der Waals surface area contributed by atoms with Crippen molar-refractivity contribution in [1.29, 1.82) is 0 Å². The molecule has 0 saturated heterocycles. The number of hydrogen-bond donors (Lipinski definition) is 1. The minimum atomic E-state index is -1.19. The highest BCUT2D eigenvalue weighted by Gasteiger charge is 1.90. The van der Waals surface area contributed by atoms with Crippen molar-refractivity contribution >= 4 is 24.3 Å². The molecule has 0 heterocycles. The molecule has 0 unspecified atom stereocenters. The smallest absolute Gasteiger partial charge is 0.328 e. The number of carbonyl (C=O) groups excluding carboxylic acids is 1. The lowest BCUT2D eigenvalue weighted by Crippen LogP contribution is -1.90. The van der Waals surface area contributed by atoms with Gasteiger partial charge in [0.1, 0.15) is 0 Å². The van der Waals surface area contributed by atoms with E-state index in [1.54, 1.807) is 0 Å². The van der Waals surface area contributed by atoms with Crippen LogP contribution in [0.4, 0.5) is 0 Å². The van der Waals surface area contributed by atoms with Gasteiger partial charge >= 0.3 is 5.97 Å². The summed E-state index contributed by atoms with van der Waals surface area (Å²) in [6.07, 6.45) is 1.47. The predicted molar refractivity (Wildman–Crippen MR) is 31.6 cm³/mol. The minimum Gasteiger partial charge on any atom is -0.478 e. The first-order valence-corrected chi connectivity index (χ1v) is 2.31. The summed E-state index contributed by atoms with van der Waals surface area (Å²) in [7, 11) is 0. The molecule has 0 bridgehead atoms. The van der Waals surface area contributed by atoms with Crippen LogP contribution in [-0.4, -0.2) is 17.0 Å². The van der Waals surface area contributed by atoms with Crippen LogP contribution in [0, 0.1) is 0 Å². The van der Waals surface area contributed by atoms with E-state index in [1.807, 2.05) is 0 Å². The third-order valence-corrected chi connectivity index (χ3v) is 0.638. The molecule has 0 aliphatic carbocycles. The molecule has 0 aromatic heterocycles. The van der Waals surface area contributed by atoms with Crippen LogP contribution < -0.4 is 0 Å². The maximum absolute atomic E-state index is 10.1. The van der Waals surface area contributed by atoms with Gasteiger partial charge in [0.05, 0.1) is 0 Å². The molecule has 0 aromatic carbocycles. The molecule has 1 amide bonds. The van der Waals surface area contributed by atoms with Crippen LogP contribution in [0.1, 0.15) is 0 Å². The fourth-order valence-electron chi connectivity index (χ4n) is 0.173. The Morgan fingerprint density at radius 3 is 2.33 bits per heavy atom. The Morgan fingerprint density at radius 1 is 1.44 bits per heavy atom. The SMILES string of the molecule is O=C(O)/C=C\C(=O)N=S. The minimum absolute atomic E-state index is 0.679. The van der Waals surface area contributed by atoms with Crippen LogP contribution >= 0.6 is 0 Å². The van der Waals surface area contributed by atoms with Crippen LogP contribution in [0.25, 0.3) is 0 Å². The normalized spacial score (nSPS) is 9.33. The summed E-state index contributed by atoms with van der Waals surface area (Å²) < 4.78 is 2.75. The van der Waals surface area contributed by atoms with Crippen LogP contribution in [0.3, 0.4) is 0 Å². The van der Waals surface area contributed by atoms with Gasteiger partial charge < -0.3 is 5.11 Å². The van der Waals surface area contributed by atoms with Crippen molar-refractivity contribution in [2.24, 2.45) is 4.36 Å². The van der Waals surface area contributed by atoms with Crippen molar-refractivity contribution in [3.63, 3.8) is 0 Å². The highest BCUT2D eigenvalue weighted by molar-refractivity contribution is 7.47. The van der Waals surface area contributed by atoms with Gasteiger partial charge in [-0.15, -0.1) is 4.36 Å². The number of hydrogen-bond acceptors (Lipinski definition) is 3. The standard InChI is InChI=1S/C4H3NO3S/c6-3(5-9)1-2-4(7)8/h1-2H,(H,7,8)/b2-1-. The molecule has 0 radical (unpaired) electrons. The van der Waals surface area contributed by atoms with E-state index in [2.05, 4.69) is 16.8 Å². The summed E-state index contributed by atoms with van der Waals surface area (Å²) in [4.78, 5) is 19.8. The Hall–Kier alpha value is -1.10. The Bertz CT molecular complexity index is 175. The summed E-state index contributed by atoms with van der Waals surface area (Å²) >= 11 is 3.96. The van der Waals surface area contributed by atoms with Gasteiger partial charge in [0.15, 0.2) is 0 Å². The number of amides is 1. The lowest BCUT2D eigenvalue weighted by Gasteiger charge is -1.75. The lowest BCUT2D eigenvalue weighted by atomic mass is 10.5. The highest BCUT2D eigenvalue weighted by atomic mass is 32.1. The van der Waals surface area contributed by atoms with Gasteiger partial charge in [0.2, 0.25) is 0 Å². The quantitative estimate of drug-likeness (QED) is 0.550. The second-order valence-corrected chi connectivity index (χ2v) is 1.28. The van der Waals surface area contributed by atoms with Crippen molar-refractivity contribution in [1.82, 2.24) is 0 Å². The van der Waals surface area contributed by atoms with E-state index in [-0.39, 0.29) is 0 Å². The van der Waals surface area contributed by atoms with Crippen LogP contribution in [-0.2, 0) is 22.0 Å². The third-order valence-electron chi connectivity index (χ3n) is 0.458. The van der Waals surface area contributed by atoms with Gasteiger partial charge in [0.25, 0.3) is 5.91 Å². The summed E-state index contributed by atoms with van der Waals surface area (Å²) in [6, 6.07) is 0. The molecule has 0 aliphatic heterocycles. The molecule has 0 fully saturated rings. The van der Waals surface area contributed by atoms with Gasteiger partial charge in [-0.3, -0.25) is 4.79 Å². The van der Waals surface area contributed by atoms with E-state index < -0.39 is 11.9 Å². The Kier molecular flexibility index (Phi) is 3.38. The van der Waals surface area contributed by atoms with Crippen molar-refractivity contribution in [3.8, 4) is 0 Å². The second kappa shape index (κ2) is 3.85. The second-order valence-electron chi connectivity index (χ2n) is 1.10. The molecule has 4 nitrogen and oxygen atoms in total. The molecule has 0 aliphatic rings. The van der Waals surface area contributed by atoms with E-state index in [1.165, 1.54) is 0 Å². The van der Waals surface area contributed by atoms with Gasteiger partial charge in [-0.2, -0.15) is 0 Å². The molecule has 48 valence electrons. The molecule has 0 aromatic rings. The number of rotatable bonds is 2. The summed E-state index contributed by atoms with van der Waals surface area (Å²) in [5, 5.41) is 7.94. The molecule has 0 saturated carbocycles. The van der Waals surface area contributed by atoms with Crippen LogP contribution in [0.2, 0.25) is 0 Å². The van der Waals surface area contributed by atoms with Gasteiger partial charge in [0, 0.05) is 24.6 Å². The summed E-state index contributed by atoms with van der Waals surface area (Å²) in [5.74, 6) is -1.92. The Labute approximate surface area is 56.4 Å². The fraction of sp³-hybridized carbons (Fsp3) is 0. The van der Waals surface area contributed by atoms with E-state index in [0.29, 0.717) is 6.08 Å². The fourth-order valence-corrected chi connectivity index (χ4v) is 0.234. The molecular weight excluding hydrogens is 142 g/mol. The molecule has 0 spiro atoms. The first-order valence-electron chi connectivity index (χ1n) is 1.95. The maximum Gasteiger partial charge on any atom is 0.328 e. The van der Waals surface area contributed by atoms with E-state index in [9.17, 15) is 9.59 Å². The average Bonchev–Trinajstić information content (AvgIpc) is 1.83. The summed E-state index contributed by atoms with van der Waals surface area (Å²) in [6.45, 7) is 0. The van der Waals surface area contributed by atoms with E-state index in [0.717, 1.165) is 6.08 Å². The molecule has 1 N–H and O–H groups in total. The third kappa shape index (κ3) is 4.76. The largest absolute Gasteiger partial charge is 0.478 e. The first-order chi connectivity index (χ1) is 4.16. The highest BCUT2D eigenvalue weighted by Crippen LogP contribution is 1.76. The number of aliphatic carboxylic acids is 1. The zero-order chi connectivity index (χ0) is 7.28. The maximum atomic E-state index is 10.1. The molecule has 0 atom stereocenters. The number of carboxylic acids is 1. The molecule has 5 heteroatoms. The number of nitrogens with zero attached hydrogens (tertiary/aromatic N) is 1. The topological polar surface area (TPSA) is 66.7 Å². The summed E-state index contributed by atoms with van der Waals surface area (Å²) in [5.41, 5.74) is 0. The molecule has 9 heavy (non-hydrogen) atoms. The van der Waals surface area contributed by atoms with Crippen LogP contribution in [0.5, 0.6) is 0 Å². The van der Waals surface area contributed by atoms with E-state index in [4.69, 9.17) is 5.11 Å². The van der Waals surface area contributed by atoms with Gasteiger partial charge in [-0.1, -0.05) is 0 Å². The number of carbonyl (C=O) groups is 2.